The predicted octanol–water partition coefficient (Wildman–Crippen LogP) is 6.02. The molecule has 1 heterocycles. The molecule has 1 aliphatic carbocycles. The predicted molar refractivity (Wildman–Crippen MR) is 131 cm³/mol. The number of piperidine rings is 1. The lowest BCUT2D eigenvalue weighted by Gasteiger charge is -2.36. The lowest BCUT2D eigenvalue weighted by molar-refractivity contribution is -0.122. The summed E-state index contributed by atoms with van der Waals surface area (Å²) in [4.78, 5) is 15.9. The quantitative estimate of drug-likeness (QED) is 0.558. The van der Waals surface area contributed by atoms with Crippen molar-refractivity contribution in [3.8, 4) is 5.75 Å². The van der Waals surface area contributed by atoms with Crippen molar-refractivity contribution in [3.05, 3.63) is 59.9 Å². The molecule has 2 aliphatic rings. The summed E-state index contributed by atoms with van der Waals surface area (Å²) in [5.74, 6) is 2.04. The number of halogens is 1. The first-order chi connectivity index (χ1) is 15.9. The maximum absolute atomic E-state index is 13.5. The second kappa shape index (κ2) is 10.7. The molecular formula is C28H37FN2O2. The van der Waals surface area contributed by atoms with E-state index in [2.05, 4.69) is 24.1 Å². The first-order valence-corrected chi connectivity index (χ1v) is 12.5. The number of ether oxygens (including phenoxy) is 1. The molecule has 5 heteroatoms. The van der Waals surface area contributed by atoms with E-state index in [1.807, 2.05) is 24.3 Å². The molecule has 4 rings (SSSR count). The van der Waals surface area contributed by atoms with E-state index >= 15 is 0 Å². The molecule has 2 fully saturated rings. The van der Waals surface area contributed by atoms with Crippen molar-refractivity contribution >= 4 is 11.6 Å². The molecule has 0 bridgehead atoms. The van der Waals surface area contributed by atoms with Crippen LogP contribution in [-0.2, 0) is 10.2 Å². The highest BCUT2D eigenvalue weighted by Gasteiger charge is 2.41. The van der Waals surface area contributed by atoms with Gasteiger partial charge in [-0.1, -0.05) is 45.2 Å². The second-order valence-corrected chi connectivity index (χ2v) is 10.2. The minimum atomic E-state index is -0.593. The topological polar surface area (TPSA) is 41.6 Å². The van der Waals surface area contributed by atoms with Gasteiger partial charge in [0.15, 0.2) is 0 Å². The Balaban J connectivity index is 1.34. The third-order valence-electron chi connectivity index (χ3n) is 7.27. The smallest absolute Gasteiger partial charge is 0.235 e. The minimum absolute atomic E-state index is 0.00388. The van der Waals surface area contributed by atoms with Crippen molar-refractivity contribution in [1.29, 1.82) is 0 Å². The van der Waals surface area contributed by atoms with E-state index < -0.39 is 5.41 Å². The van der Waals surface area contributed by atoms with Gasteiger partial charge in [-0.2, -0.15) is 0 Å². The molecule has 2 atom stereocenters. The molecular weight excluding hydrogens is 415 g/mol. The Hall–Kier alpha value is -2.40. The maximum Gasteiger partial charge on any atom is 0.235 e. The largest absolute Gasteiger partial charge is 0.492 e. The van der Waals surface area contributed by atoms with Crippen molar-refractivity contribution in [3.63, 3.8) is 0 Å². The minimum Gasteiger partial charge on any atom is -0.492 e. The Labute approximate surface area is 197 Å². The molecule has 33 heavy (non-hydrogen) atoms. The maximum atomic E-state index is 13.5. The Morgan fingerprint density at radius 3 is 2.27 bits per heavy atom. The van der Waals surface area contributed by atoms with Gasteiger partial charge in [0.05, 0.1) is 5.41 Å². The number of hydrogen-bond donors (Lipinski definition) is 1. The van der Waals surface area contributed by atoms with E-state index in [0.29, 0.717) is 6.61 Å². The molecule has 1 N–H and O–H groups in total. The van der Waals surface area contributed by atoms with Crippen LogP contribution in [0.4, 0.5) is 10.1 Å². The van der Waals surface area contributed by atoms with Crippen molar-refractivity contribution in [2.45, 2.75) is 57.8 Å². The molecule has 1 amide bonds. The highest BCUT2D eigenvalue weighted by Crippen LogP contribution is 2.40. The average Bonchev–Trinajstić information content (AvgIpc) is 2.80. The Bertz CT molecular complexity index is 896. The van der Waals surface area contributed by atoms with Gasteiger partial charge in [0.2, 0.25) is 5.91 Å². The van der Waals surface area contributed by atoms with Gasteiger partial charge < -0.3 is 10.1 Å². The second-order valence-electron chi connectivity index (χ2n) is 10.2. The summed E-state index contributed by atoms with van der Waals surface area (Å²) in [6, 6.07) is 14.1. The van der Waals surface area contributed by atoms with E-state index in [1.54, 1.807) is 12.1 Å². The number of carbonyl (C=O) groups is 1. The van der Waals surface area contributed by atoms with Gasteiger partial charge in [-0.05, 0) is 73.1 Å². The van der Waals surface area contributed by atoms with Gasteiger partial charge in [-0.3, -0.25) is 9.69 Å². The number of nitrogens with one attached hydrogen (secondary N) is 1. The molecule has 4 nitrogen and oxygen atoms in total. The van der Waals surface area contributed by atoms with Crippen molar-refractivity contribution in [2.75, 3.05) is 31.6 Å². The number of amides is 1. The van der Waals surface area contributed by atoms with E-state index in [0.717, 1.165) is 80.6 Å². The van der Waals surface area contributed by atoms with Crippen LogP contribution in [0, 0.1) is 17.7 Å². The number of likely N-dealkylation sites (tertiary alicyclic amines) is 1. The van der Waals surface area contributed by atoms with Crippen LogP contribution in [0.15, 0.2) is 48.5 Å². The summed E-state index contributed by atoms with van der Waals surface area (Å²) in [7, 11) is 0. The van der Waals surface area contributed by atoms with Crippen LogP contribution in [0.3, 0.4) is 0 Å². The third-order valence-corrected chi connectivity index (χ3v) is 7.27. The third kappa shape index (κ3) is 5.94. The van der Waals surface area contributed by atoms with Gasteiger partial charge in [-0.25, -0.2) is 4.39 Å². The Kier molecular flexibility index (Phi) is 7.69. The van der Waals surface area contributed by atoms with Crippen LogP contribution in [-0.4, -0.2) is 37.0 Å². The molecule has 0 radical (unpaired) electrons. The summed E-state index contributed by atoms with van der Waals surface area (Å²) in [6.45, 7) is 8.54. The number of benzene rings is 2. The summed E-state index contributed by atoms with van der Waals surface area (Å²) in [5, 5.41) is 3.11. The average molecular weight is 453 g/mol. The van der Waals surface area contributed by atoms with Crippen LogP contribution in [0.25, 0.3) is 0 Å². The van der Waals surface area contributed by atoms with Crippen molar-refractivity contribution in [2.24, 2.45) is 11.8 Å². The number of carbonyl (C=O) groups excluding carboxylic acids is 1. The van der Waals surface area contributed by atoms with Crippen molar-refractivity contribution < 1.29 is 13.9 Å². The molecule has 178 valence electrons. The Morgan fingerprint density at radius 1 is 1.00 bits per heavy atom. The van der Waals surface area contributed by atoms with Gasteiger partial charge >= 0.3 is 0 Å². The monoisotopic (exact) mass is 452 g/mol. The van der Waals surface area contributed by atoms with Crippen molar-refractivity contribution in [1.82, 2.24) is 4.90 Å². The van der Waals surface area contributed by atoms with Gasteiger partial charge in [-0.15, -0.1) is 0 Å². The first-order valence-electron chi connectivity index (χ1n) is 12.5. The fourth-order valence-electron chi connectivity index (χ4n) is 5.72. The lowest BCUT2D eigenvalue weighted by Crippen LogP contribution is -2.42. The lowest BCUT2D eigenvalue weighted by atomic mass is 9.68. The number of hydrogen-bond acceptors (Lipinski definition) is 3. The zero-order valence-electron chi connectivity index (χ0n) is 20.0. The van der Waals surface area contributed by atoms with Crippen LogP contribution >= 0.6 is 0 Å². The van der Waals surface area contributed by atoms with Crippen LogP contribution in [0.2, 0.25) is 0 Å². The van der Waals surface area contributed by atoms with E-state index in [4.69, 9.17) is 4.74 Å². The van der Waals surface area contributed by atoms with Crippen LogP contribution in [0.1, 0.15) is 57.9 Å². The van der Waals surface area contributed by atoms with Gasteiger partial charge in [0.1, 0.15) is 18.2 Å². The summed E-state index contributed by atoms with van der Waals surface area (Å²) >= 11 is 0. The fraction of sp³-hybridized carbons (Fsp3) is 0.536. The standard InChI is InChI=1S/C28H37FN2O2/c1-21-18-22(2)20-31(19-21)16-17-33-26-12-10-25(11-13-26)30-27(32)28(14-4-3-5-15-28)23-6-8-24(29)9-7-23/h6-13,21-22H,3-5,14-20H2,1-2H3,(H,30,32)/t21-,22-/m1/s1. The van der Waals surface area contributed by atoms with E-state index in [9.17, 15) is 9.18 Å². The molecule has 1 saturated heterocycles. The molecule has 2 aromatic rings. The number of anilines is 1. The number of nitrogens with zero attached hydrogens (tertiary/aromatic N) is 1. The van der Waals surface area contributed by atoms with Gasteiger partial charge in [0.25, 0.3) is 0 Å². The summed E-state index contributed by atoms with van der Waals surface area (Å²) in [6.07, 6.45) is 6.04. The normalized spacial score (nSPS) is 23.1. The van der Waals surface area contributed by atoms with Crippen LogP contribution in [0.5, 0.6) is 5.75 Å². The van der Waals surface area contributed by atoms with Crippen LogP contribution < -0.4 is 10.1 Å². The van der Waals surface area contributed by atoms with E-state index in [1.165, 1.54) is 18.6 Å². The molecule has 0 spiro atoms. The summed E-state index contributed by atoms with van der Waals surface area (Å²) < 4.78 is 19.4. The number of rotatable bonds is 7. The molecule has 0 unspecified atom stereocenters. The zero-order chi connectivity index (χ0) is 23.3. The molecule has 0 aromatic heterocycles. The van der Waals surface area contributed by atoms with E-state index in [-0.39, 0.29) is 11.7 Å². The SMILES string of the molecule is C[C@@H]1C[C@@H](C)CN(CCOc2ccc(NC(=O)C3(c4ccc(F)cc4)CCCCC3)cc2)C1. The molecule has 2 aromatic carbocycles. The highest BCUT2D eigenvalue weighted by molar-refractivity contribution is 5.99. The molecule has 1 aliphatic heterocycles. The Morgan fingerprint density at radius 2 is 1.64 bits per heavy atom. The fourth-order valence-corrected chi connectivity index (χ4v) is 5.72. The van der Waals surface area contributed by atoms with Gasteiger partial charge in [0, 0.05) is 25.3 Å². The highest BCUT2D eigenvalue weighted by atomic mass is 19.1. The molecule has 1 saturated carbocycles. The zero-order valence-corrected chi connectivity index (χ0v) is 20.0. The summed E-state index contributed by atoms with van der Waals surface area (Å²) in [5.41, 5.74) is 1.07. The first kappa shape index (κ1) is 23.7.